The van der Waals surface area contributed by atoms with Gasteiger partial charge in [-0.15, -0.1) is 0 Å². The summed E-state index contributed by atoms with van der Waals surface area (Å²) in [6.45, 7) is 0.882. The molecule has 0 amide bonds. The first-order valence-corrected chi connectivity index (χ1v) is 13.1. The van der Waals surface area contributed by atoms with Gasteiger partial charge in [0, 0.05) is 42.7 Å². The van der Waals surface area contributed by atoms with E-state index in [1.807, 2.05) is 30.3 Å². The Bertz CT molecular complexity index is 1310. The number of nitrogens with zero attached hydrogens (tertiary/aromatic N) is 1. The molecule has 1 atom stereocenters. The minimum Gasteiger partial charge on any atom is -0.490 e. The third-order valence-electron chi connectivity index (χ3n) is 8.02. The zero-order valence-electron chi connectivity index (χ0n) is 21.2. The van der Waals surface area contributed by atoms with Crippen LogP contribution in [0.2, 0.25) is 0 Å². The summed E-state index contributed by atoms with van der Waals surface area (Å²) in [7, 11) is 0. The standard InChI is InChI=1S/C30H29F5N2O2/c31-25-11-22(39-23-13-29(14-23)16-36-17-29)12-26(32)27(25)28-24-7-6-21(38-15-19-4-2-1-3-5-19)10-20(24)8-9-37(28)18-30(33,34)35/h1-7,10-12,23,28,36H,8-9,13-18H2. The van der Waals surface area contributed by atoms with E-state index in [4.69, 9.17) is 9.47 Å². The quantitative estimate of drug-likeness (QED) is 0.360. The van der Waals surface area contributed by atoms with Crippen LogP contribution in [-0.2, 0) is 13.0 Å². The molecule has 206 valence electrons. The predicted octanol–water partition coefficient (Wildman–Crippen LogP) is 6.18. The van der Waals surface area contributed by atoms with Gasteiger partial charge >= 0.3 is 6.18 Å². The summed E-state index contributed by atoms with van der Waals surface area (Å²) in [6.07, 6.45) is -2.72. The number of ether oxygens (including phenoxy) is 2. The van der Waals surface area contributed by atoms with Gasteiger partial charge in [-0.25, -0.2) is 8.78 Å². The van der Waals surface area contributed by atoms with E-state index in [0.29, 0.717) is 29.9 Å². The van der Waals surface area contributed by atoms with Gasteiger partial charge in [-0.1, -0.05) is 36.4 Å². The Morgan fingerprint density at radius 3 is 2.28 bits per heavy atom. The molecule has 0 radical (unpaired) electrons. The van der Waals surface area contributed by atoms with Crippen LogP contribution in [0.5, 0.6) is 11.5 Å². The highest BCUT2D eigenvalue weighted by Crippen LogP contribution is 2.46. The van der Waals surface area contributed by atoms with Gasteiger partial charge in [0.2, 0.25) is 0 Å². The maximum atomic E-state index is 15.5. The minimum absolute atomic E-state index is 0.00532. The molecule has 0 aromatic heterocycles. The van der Waals surface area contributed by atoms with Crippen molar-refractivity contribution in [2.75, 3.05) is 26.2 Å². The number of hydrogen-bond acceptors (Lipinski definition) is 4. The second-order valence-electron chi connectivity index (χ2n) is 10.9. The molecule has 3 aliphatic rings. The maximum Gasteiger partial charge on any atom is 0.401 e. The fourth-order valence-electron chi connectivity index (χ4n) is 6.06. The lowest BCUT2D eigenvalue weighted by Crippen LogP contribution is -2.62. The van der Waals surface area contributed by atoms with E-state index in [1.165, 1.54) is 0 Å². The first-order chi connectivity index (χ1) is 18.7. The summed E-state index contributed by atoms with van der Waals surface area (Å²) in [4.78, 5) is 1.09. The molecule has 1 unspecified atom stereocenters. The van der Waals surface area contributed by atoms with E-state index in [9.17, 15) is 13.2 Å². The van der Waals surface area contributed by atoms with Crippen molar-refractivity contribution in [3.05, 3.63) is 94.6 Å². The highest BCUT2D eigenvalue weighted by atomic mass is 19.4. The van der Waals surface area contributed by atoms with E-state index in [2.05, 4.69) is 5.32 Å². The van der Waals surface area contributed by atoms with Crippen LogP contribution in [0, 0.1) is 17.0 Å². The summed E-state index contributed by atoms with van der Waals surface area (Å²) in [5.74, 6) is -1.23. The highest BCUT2D eigenvalue weighted by Gasteiger charge is 2.49. The van der Waals surface area contributed by atoms with Crippen LogP contribution >= 0.6 is 0 Å². The topological polar surface area (TPSA) is 33.7 Å². The first-order valence-electron chi connectivity index (χ1n) is 13.1. The van der Waals surface area contributed by atoms with E-state index >= 15 is 8.78 Å². The molecule has 3 aromatic rings. The Kier molecular flexibility index (Phi) is 6.75. The van der Waals surface area contributed by atoms with Gasteiger partial charge in [-0.05, 0) is 48.1 Å². The Morgan fingerprint density at radius 1 is 0.923 bits per heavy atom. The number of halogens is 5. The summed E-state index contributed by atoms with van der Waals surface area (Å²) in [5, 5.41) is 3.23. The number of fused-ring (bicyclic) bond motifs is 1. The van der Waals surface area contributed by atoms with Crippen molar-refractivity contribution in [1.29, 1.82) is 0 Å². The number of benzene rings is 3. The monoisotopic (exact) mass is 544 g/mol. The molecule has 9 heteroatoms. The second-order valence-corrected chi connectivity index (χ2v) is 10.9. The molecule has 2 heterocycles. The number of hydrogen-bond donors (Lipinski definition) is 1. The molecule has 4 nitrogen and oxygen atoms in total. The van der Waals surface area contributed by atoms with Crippen molar-refractivity contribution in [3.8, 4) is 11.5 Å². The molecule has 1 spiro atoms. The minimum atomic E-state index is -4.53. The lowest BCUT2D eigenvalue weighted by Gasteiger charge is -2.53. The summed E-state index contributed by atoms with van der Waals surface area (Å²) in [6, 6.07) is 15.5. The molecule has 0 bridgehead atoms. The lowest BCUT2D eigenvalue weighted by molar-refractivity contribution is -0.150. The fourth-order valence-corrected chi connectivity index (χ4v) is 6.06. The van der Waals surface area contributed by atoms with Crippen molar-refractivity contribution in [1.82, 2.24) is 10.2 Å². The van der Waals surface area contributed by atoms with Crippen LogP contribution in [0.15, 0.2) is 60.7 Å². The van der Waals surface area contributed by atoms with Crippen LogP contribution < -0.4 is 14.8 Å². The van der Waals surface area contributed by atoms with Gasteiger partial charge < -0.3 is 14.8 Å². The molecule has 39 heavy (non-hydrogen) atoms. The molecule has 2 fully saturated rings. The molecule has 6 rings (SSSR count). The molecule has 1 N–H and O–H groups in total. The number of rotatable bonds is 7. The summed E-state index contributed by atoms with van der Waals surface area (Å²) in [5.41, 5.74) is 1.94. The van der Waals surface area contributed by atoms with E-state index < -0.39 is 36.0 Å². The van der Waals surface area contributed by atoms with Crippen LogP contribution in [0.25, 0.3) is 0 Å². The van der Waals surface area contributed by atoms with Gasteiger partial charge in [0.25, 0.3) is 0 Å². The van der Waals surface area contributed by atoms with Crippen molar-refractivity contribution >= 4 is 0 Å². The molecule has 1 aliphatic carbocycles. The van der Waals surface area contributed by atoms with Crippen molar-refractivity contribution in [2.45, 2.75) is 44.2 Å². The normalized spacial score (nSPS) is 20.7. The van der Waals surface area contributed by atoms with Gasteiger partial charge in [-0.3, -0.25) is 4.90 Å². The highest BCUT2D eigenvalue weighted by molar-refractivity contribution is 5.46. The third kappa shape index (κ3) is 5.47. The van der Waals surface area contributed by atoms with Gasteiger partial charge in [0.1, 0.15) is 29.7 Å². The van der Waals surface area contributed by atoms with E-state index in [1.54, 1.807) is 18.2 Å². The fraction of sp³-hybridized carbons (Fsp3) is 0.400. The van der Waals surface area contributed by atoms with Crippen molar-refractivity contribution in [2.24, 2.45) is 5.41 Å². The molecule has 1 saturated heterocycles. The van der Waals surface area contributed by atoms with E-state index in [0.717, 1.165) is 48.5 Å². The van der Waals surface area contributed by atoms with Crippen LogP contribution in [-0.4, -0.2) is 43.4 Å². The van der Waals surface area contributed by atoms with Gasteiger partial charge in [0.05, 0.1) is 18.7 Å². The first kappa shape index (κ1) is 26.1. The van der Waals surface area contributed by atoms with Crippen LogP contribution in [0.3, 0.4) is 0 Å². The number of nitrogens with one attached hydrogen (secondary N) is 1. The molecule has 3 aromatic carbocycles. The maximum absolute atomic E-state index is 15.5. The SMILES string of the molecule is Fc1cc(OC2CC3(CNC3)C2)cc(F)c1C1c2ccc(OCc3ccccc3)cc2CCN1CC(F)(F)F. The van der Waals surface area contributed by atoms with Crippen LogP contribution in [0.4, 0.5) is 22.0 Å². The summed E-state index contributed by atoms with van der Waals surface area (Å²) >= 11 is 0. The van der Waals surface area contributed by atoms with E-state index in [-0.39, 0.29) is 23.8 Å². The number of alkyl halides is 3. The Hall–Kier alpha value is -3.17. The average Bonchev–Trinajstić information content (AvgIpc) is 2.84. The molecular formula is C30H29F5N2O2. The predicted molar refractivity (Wildman–Crippen MR) is 136 cm³/mol. The van der Waals surface area contributed by atoms with Gasteiger partial charge in [0.15, 0.2) is 0 Å². The largest absolute Gasteiger partial charge is 0.490 e. The molecule has 2 aliphatic heterocycles. The second kappa shape index (κ2) is 10.1. The zero-order valence-corrected chi connectivity index (χ0v) is 21.2. The smallest absolute Gasteiger partial charge is 0.401 e. The summed E-state index contributed by atoms with van der Waals surface area (Å²) < 4.78 is 83.3. The average molecular weight is 545 g/mol. The Labute approximate surface area is 223 Å². The molecule has 1 saturated carbocycles. The van der Waals surface area contributed by atoms with Crippen molar-refractivity contribution in [3.63, 3.8) is 0 Å². The lowest BCUT2D eigenvalue weighted by atomic mass is 9.63. The third-order valence-corrected chi connectivity index (χ3v) is 8.02. The van der Waals surface area contributed by atoms with Crippen LogP contribution in [0.1, 0.15) is 41.1 Å². The Balaban J connectivity index is 1.27. The Morgan fingerprint density at radius 2 is 1.64 bits per heavy atom. The van der Waals surface area contributed by atoms with Gasteiger partial charge in [-0.2, -0.15) is 13.2 Å². The zero-order chi connectivity index (χ0) is 27.2. The molecular weight excluding hydrogens is 515 g/mol. The van der Waals surface area contributed by atoms with Crippen molar-refractivity contribution < 1.29 is 31.4 Å².